The molecule has 1 aliphatic rings. The van der Waals surface area contributed by atoms with Gasteiger partial charge in [0.05, 0.1) is 0 Å². The van der Waals surface area contributed by atoms with Gasteiger partial charge in [0.15, 0.2) is 0 Å². The van der Waals surface area contributed by atoms with Crippen LogP contribution in [-0.2, 0) is 4.79 Å². The number of piperazine rings is 1. The highest BCUT2D eigenvalue weighted by molar-refractivity contribution is 5.94. The normalized spacial score (nSPS) is 14.6. The van der Waals surface area contributed by atoms with E-state index in [-0.39, 0.29) is 23.7 Å². The molecule has 3 rings (SSSR count). The lowest BCUT2D eigenvalue weighted by atomic mass is 10.0. The van der Waals surface area contributed by atoms with Gasteiger partial charge in [0.25, 0.3) is 0 Å². The number of urea groups is 2. The van der Waals surface area contributed by atoms with Gasteiger partial charge in [-0.2, -0.15) is 0 Å². The smallest absolute Gasteiger partial charge is 0.321 e. The van der Waals surface area contributed by atoms with Gasteiger partial charge in [-0.1, -0.05) is 32.0 Å². The van der Waals surface area contributed by atoms with Crippen LogP contribution in [0.15, 0.2) is 54.6 Å². The molecule has 0 radical (unpaired) electrons. The molecule has 0 spiro atoms. The Hall–Kier alpha value is -3.62. The lowest BCUT2D eigenvalue weighted by Crippen LogP contribution is -2.58. The molecule has 1 atom stereocenters. The fraction of sp³-hybridized carbons (Fsp3) is 0.348. The minimum Gasteiger partial charge on any atom is -0.337 e. The van der Waals surface area contributed by atoms with Crippen LogP contribution >= 0.6 is 0 Å². The van der Waals surface area contributed by atoms with Crippen molar-refractivity contribution in [3.05, 3.63) is 60.4 Å². The lowest BCUT2D eigenvalue weighted by molar-refractivity contribution is -0.135. The molecule has 3 N–H and O–H groups in total. The number of rotatable bonds is 5. The van der Waals surface area contributed by atoms with E-state index < -0.39 is 12.1 Å². The van der Waals surface area contributed by atoms with Crippen molar-refractivity contribution >= 4 is 29.3 Å². The van der Waals surface area contributed by atoms with E-state index in [0.717, 1.165) is 0 Å². The Labute approximate surface area is 186 Å². The average molecular weight is 442 g/mol. The van der Waals surface area contributed by atoms with Crippen molar-refractivity contribution in [2.45, 2.75) is 19.9 Å². The van der Waals surface area contributed by atoms with Crippen LogP contribution in [0.4, 0.5) is 25.4 Å². The van der Waals surface area contributed by atoms with E-state index in [9.17, 15) is 18.8 Å². The first kappa shape index (κ1) is 23.1. The van der Waals surface area contributed by atoms with Crippen LogP contribution in [0.1, 0.15) is 13.8 Å². The van der Waals surface area contributed by atoms with Crippen LogP contribution in [-0.4, -0.2) is 60.0 Å². The van der Waals surface area contributed by atoms with E-state index >= 15 is 0 Å². The standard InChI is InChI=1S/C23H28FN5O3/c1-16(2)20(27-22(31)25-18-6-4-3-5-7-18)21(30)28-12-14-29(15-13-28)23(32)26-19-10-8-17(24)9-11-19/h3-11,16,20H,12-15H2,1-2H3,(H,26,32)(H2,25,27,31). The monoisotopic (exact) mass is 441 g/mol. The summed E-state index contributed by atoms with van der Waals surface area (Å²) >= 11 is 0. The number of amides is 5. The number of carbonyl (C=O) groups excluding carboxylic acids is 3. The molecule has 0 bridgehead atoms. The van der Waals surface area contributed by atoms with Crippen molar-refractivity contribution in [1.82, 2.24) is 15.1 Å². The van der Waals surface area contributed by atoms with Crippen LogP contribution in [0.5, 0.6) is 0 Å². The number of hydrogen-bond donors (Lipinski definition) is 3. The van der Waals surface area contributed by atoms with E-state index in [4.69, 9.17) is 0 Å². The van der Waals surface area contributed by atoms with Crippen molar-refractivity contribution in [3.8, 4) is 0 Å². The van der Waals surface area contributed by atoms with Gasteiger partial charge in [-0.05, 0) is 42.3 Å². The number of anilines is 2. The van der Waals surface area contributed by atoms with Gasteiger partial charge in [0.2, 0.25) is 5.91 Å². The van der Waals surface area contributed by atoms with Crippen LogP contribution in [0, 0.1) is 11.7 Å². The molecule has 9 heteroatoms. The van der Waals surface area contributed by atoms with Gasteiger partial charge in [0.1, 0.15) is 11.9 Å². The van der Waals surface area contributed by atoms with Crippen LogP contribution in [0.25, 0.3) is 0 Å². The van der Waals surface area contributed by atoms with E-state index in [2.05, 4.69) is 16.0 Å². The molecule has 0 aromatic heterocycles. The number of carbonyl (C=O) groups is 3. The van der Waals surface area contributed by atoms with Gasteiger partial charge in [-0.3, -0.25) is 4.79 Å². The van der Waals surface area contributed by atoms with Gasteiger partial charge < -0.3 is 25.8 Å². The van der Waals surface area contributed by atoms with Crippen molar-refractivity contribution < 1.29 is 18.8 Å². The maximum atomic E-state index is 13.1. The second-order valence-electron chi connectivity index (χ2n) is 7.94. The zero-order valence-corrected chi connectivity index (χ0v) is 18.2. The second-order valence-corrected chi connectivity index (χ2v) is 7.94. The fourth-order valence-electron chi connectivity index (χ4n) is 3.41. The van der Waals surface area contributed by atoms with Crippen molar-refractivity contribution in [2.24, 2.45) is 5.92 Å². The SMILES string of the molecule is CC(C)C(NC(=O)Nc1ccccc1)C(=O)N1CCN(C(=O)Nc2ccc(F)cc2)CC1. The highest BCUT2D eigenvalue weighted by Crippen LogP contribution is 2.13. The number of hydrogen-bond acceptors (Lipinski definition) is 3. The van der Waals surface area contributed by atoms with Crippen molar-refractivity contribution in [3.63, 3.8) is 0 Å². The van der Waals surface area contributed by atoms with Crippen LogP contribution in [0.2, 0.25) is 0 Å². The van der Waals surface area contributed by atoms with Crippen LogP contribution < -0.4 is 16.0 Å². The quantitative estimate of drug-likeness (QED) is 0.664. The predicted molar refractivity (Wildman–Crippen MR) is 121 cm³/mol. The Bertz CT molecular complexity index is 928. The summed E-state index contributed by atoms with van der Waals surface area (Å²) in [4.78, 5) is 41.1. The molecule has 1 fully saturated rings. The summed E-state index contributed by atoms with van der Waals surface area (Å²) in [6.07, 6.45) is 0. The molecule has 1 heterocycles. The molecule has 0 saturated carbocycles. The van der Waals surface area contributed by atoms with Gasteiger partial charge in [0, 0.05) is 37.6 Å². The number of benzene rings is 2. The minimum atomic E-state index is -0.682. The summed E-state index contributed by atoms with van der Waals surface area (Å²) in [6.45, 7) is 5.19. The molecule has 1 saturated heterocycles. The molecular formula is C23H28FN5O3. The number of nitrogens with one attached hydrogen (secondary N) is 3. The van der Waals surface area contributed by atoms with Gasteiger partial charge in [-0.15, -0.1) is 0 Å². The van der Waals surface area contributed by atoms with Gasteiger partial charge >= 0.3 is 12.1 Å². The minimum absolute atomic E-state index is 0.108. The summed E-state index contributed by atoms with van der Waals surface area (Å²) in [7, 11) is 0. The first-order valence-corrected chi connectivity index (χ1v) is 10.6. The molecule has 170 valence electrons. The summed E-state index contributed by atoms with van der Waals surface area (Å²) in [5, 5.41) is 8.22. The molecule has 2 aromatic carbocycles. The molecule has 0 aliphatic carbocycles. The second kappa shape index (κ2) is 10.6. The van der Waals surface area contributed by atoms with E-state index in [1.54, 1.807) is 21.9 Å². The van der Waals surface area contributed by atoms with E-state index in [1.807, 2.05) is 32.0 Å². The number of halogens is 1. The maximum Gasteiger partial charge on any atom is 0.321 e. The Morgan fingerprint density at radius 3 is 1.97 bits per heavy atom. The third-order valence-corrected chi connectivity index (χ3v) is 5.23. The Morgan fingerprint density at radius 1 is 0.812 bits per heavy atom. The molecule has 5 amide bonds. The number of nitrogens with zero attached hydrogens (tertiary/aromatic N) is 2. The van der Waals surface area contributed by atoms with Crippen LogP contribution in [0.3, 0.4) is 0 Å². The van der Waals surface area contributed by atoms with Gasteiger partial charge in [-0.25, -0.2) is 14.0 Å². The third kappa shape index (κ3) is 6.19. The topological polar surface area (TPSA) is 93.8 Å². The predicted octanol–water partition coefficient (Wildman–Crippen LogP) is 3.35. The third-order valence-electron chi connectivity index (χ3n) is 5.23. The summed E-state index contributed by atoms with van der Waals surface area (Å²) in [5.74, 6) is -0.661. The largest absolute Gasteiger partial charge is 0.337 e. The highest BCUT2D eigenvalue weighted by atomic mass is 19.1. The summed E-state index contributed by atoms with van der Waals surface area (Å²) < 4.78 is 13.0. The number of para-hydroxylation sites is 1. The first-order valence-electron chi connectivity index (χ1n) is 10.6. The Kier molecular flexibility index (Phi) is 7.64. The summed E-state index contributed by atoms with van der Waals surface area (Å²) in [6, 6.07) is 13.1. The zero-order valence-electron chi connectivity index (χ0n) is 18.2. The Balaban J connectivity index is 1.52. The molecule has 1 aliphatic heterocycles. The molecule has 8 nitrogen and oxygen atoms in total. The Morgan fingerprint density at radius 2 is 1.38 bits per heavy atom. The summed E-state index contributed by atoms with van der Waals surface area (Å²) in [5.41, 5.74) is 1.14. The molecular weight excluding hydrogens is 413 g/mol. The molecule has 1 unspecified atom stereocenters. The average Bonchev–Trinajstić information content (AvgIpc) is 2.79. The highest BCUT2D eigenvalue weighted by Gasteiger charge is 2.31. The lowest BCUT2D eigenvalue weighted by Gasteiger charge is -2.37. The van der Waals surface area contributed by atoms with E-state index in [0.29, 0.717) is 37.6 Å². The molecule has 32 heavy (non-hydrogen) atoms. The van der Waals surface area contributed by atoms with Crippen molar-refractivity contribution in [2.75, 3.05) is 36.8 Å². The van der Waals surface area contributed by atoms with Crippen molar-refractivity contribution in [1.29, 1.82) is 0 Å². The zero-order chi connectivity index (χ0) is 23.1. The molecule has 2 aromatic rings. The first-order chi connectivity index (χ1) is 15.3. The van der Waals surface area contributed by atoms with E-state index in [1.165, 1.54) is 24.3 Å². The fourth-order valence-corrected chi connectivity index (χ4v) is 3.41. The maximum absolute atomic E-state index is 13.1.